The SMILES string of the molecule is Cc1cccc2c1C(C)(C)C(=O)C2(C)C. The van der Waals surface area contributed by atoms with Crippen molar-refractivity contribution in [1.29, 1.82) is 0 Å². The van der Waals surface area contributed by atoms with Crippen LogP contribution in [0.1, 0.15) is 44.4 Å². The number of aryl methyl sites for hydroxylation is 1. The second-order valence-corrected chi connectivity index (χ2v) is 5.58. The number of hydrogen-bond donors (Lipinski definition) is 0. The van der Waals surface area contributed by atoms with Crippen LogP contribution < -0.4 is 0 Å². The lowest BCUT2D eigenvalue weighted by atomic mass is 9.80. The van der Waals surface area contributed by atoms with Gasteiger partial charge in [0.2, 0.25) is 0 Å². The van der Waals surface area contributed by atoms with Gasteiger partial charge in [-0.1, -0.05) is 18.2 Å². The molecule has 1 aromatic rings. The first-order chi connectivity index (χ1) is 6.79. The average Bonchev–Trinajstić information content (AvgIpc) is 2.27. The minimum Gasteiger partial charge on any atom is -0.298 e. The molecule has 0 atom stereocenters. The van der Waals surface area contributed by atoms with E-state index in [0.717, 1.165) is 0 Å². The van der Waals surface area contributed by atoms with Crippen molar-refractivity contribution < 1.29 is 4.79 Å². The van der Waals surface area contributed by atoms with Crippen LogP contribution in [0.4, 0.5) is 0 Å². The Morgan fingerprint density at radius 2 is 1.60 bits per heavy atom. The Kier molecular flexibility index (Phi) is 1.89. The predicted molar refractivity (Wildman–Crippen MR) is 62.2 cm³/mol. The molecule has 0 unspecified atom stereocenters. The summed E-state index contributed by atoms with van der Waals surface area (Å²) in [6, 6.07) is 6.23. The molecule has 0 radical (unpaired) electrons. The molecule has 1 aliphatic rings. The maximum Gasteiger partial charge on any atom is 0.152 e. The fourth-order valence-corrected chi connectivity index (χ4v) is 3.04. The van der Waals surface area contributed by atoms with Gasteiger partial charge in [-0.2, -0.15) is 0 Å². The maximum atomic E-state index is 12.4. The van der Waals surface area contributed by atoms with Crippen molar-refractivity contribution in [3.8, 4) is 0 Å². The fraction of sp³-hybridized carbons (Fsp3) is 0.500. The van der Waals surface area contributed by atoms with Crippen LogP contribution in [0.15, 0.2) is 18.2 Å². The van der Waals surface area contributed by atoms with Gasteiger partial charge in [0.1, 0.15) is 0 Å². The van der Waals surface area contributed by atoms with Crippen molar-refractivity contribution in [2.75, 3.05) is 0 Å². The molecular formula is C14H18O. The second-order valence-electron chi connectivity index (χ2n) is 5.58. The fourth-order valence-electron chi connectivity index (χ4n) is 3.04. The lowest BCUT2D eigenvalue weighted by Gasteiger charge is -2.21. The van der Waals surface area contributed by atoms with E-state index in [1.54, 1.807) is 0 Å². The summed E-state index contributed by atoms with van der Waals surface area (Å²) in [5.41, 5.74) is 3.02. The summed E-state index contributed by atoms with van der Waals surface area (Å²) in [4.78, 5) is 12.4. The number of ketones is 1. The topological polar surface area (TPSA) is 17.1 Å². The molecule has 0 aliphatic heterocycles. The van der Waals surface area contributed by atoms with Crippen molar-refractivity contribution in [3.05, 3.63) is 34.9 Å². The number of fused-ring (bicyclic) bond motifs is 1. The van der Waals surface area contributed by atoms with Gasteiger partial charge in [0, 0.05) is 10.8 Å². The van der Waals surface area contributed by atoms with Gasteiger partial charge in [-0.3, -0.25) is 4.79 Å². The minimum absolute atomic E-state index is 0.329. The smallest absolute Gasteiger partial charge is 0.152 e. The van der Waals surface area contributed by atoms with Gasteiger partial charge in [0.25, 0.3) is 0 Å². The minimum atomic E-state index is -0.329. The third-order valence-electron chi connectivity index (χ3n) is 3.71. The van der Waals surface area contributed by atoms with Gasteiger partial charge in [-0.25, -0.2) is 0 Å². The molecule has 1 nitrogen and oxygen atoms in total. The van der Waals surface area contributed by atoms with Crippen LogP contribution in [0.5, 0.6) is 0 Å². The van der Waals surface area contributed by atoms with E-state index >= 15 is 0 Å². The highest BCUT2D eigenvalue weighted by Gasteiger charge is 2.50. The van der Waals surface area contributed by atoms with Gasteiger partial charge in [-0.05, 0) is 51.3 Å². The maximum absolute atomic E-state index is 12.4. The summed E-state index contributed by atoms with van der Waals surface area (Å²) in [7, 11) is 0. The lowest BCUT2D eigenvalue weighted by Crippen LogP contribution is -2.33. The molecule has 0 saturated carbocycles. The van der Waals surface area contributed by atoms with Gasteiger partial charge in [0.05, 0.1) is 0 Å². The molecule has 1 aromatic carbocycles. The van der Waals surface area contributed by atoms with E-state index < -0.39 is 0 Å². The monoisotopic (exact) mass is 202 g/mol. The molecule has 0 saturated heterocycles. The molecular weight excluding hydrogens is 184 g/mol. The summed E-state index contributed by atoms with van der Waals surface area (Å²) in [6.45, 7) is 10.2. The molecule has 1 aliphatic carbocycles. The van der Waals surface area contributed by atoms with Crippen LogP contribution in [-0.4, -0.2) is 5.78 Å². The van der Waals surface area contributed by atoms with Gasteiger partial charge < -0.3 is 0 Å². The summed E-state index contributed by atoms with van der Waals surface area (Å²) in [5.74, 6) is 0.333. The zero-order valence-corrected chi connectivity index (χ0v) is 10.1. The second kappa shape index (κ2) is 2.72. The molecule has 1 heteroatoms. The Balaban J connectivity index is 2.83. The number of carbonyl (C=O) groups excluding carboxylic acids is 1. The van der Waals surface area contributed by atoms with Crippen molar-refractivity contribution in [1.82, 2.24) is 0 Å². The van der Waals surface area contributed by atoms with Gasteiger partial charge in [-0.15, -0.1) is 0 Å². The molecule has 0 fully saturated rings. The highest BCUT2D eigenvalue weighted by Crippen LogP contribution is 2.47. The number of hydrogen-bond acceptors (Lipinski definition) is 1. The third-order valence-corrected chi connectivity index (χ3v) is 3.71. The highest BCUT2D eigenvalue weighted by atomic mass is 16.1. The normalized spacial score (nSPS) is 21.5. The van der Waals surface area contributed by atoms with E-state index in [-0.39, 0.29) is 10.8 Å². The molecule has 0 N–H and O–H groups in total. The summed E-state index contributed by atoms with van der Waals surface area (Å²) in [5, 5.41) is 0. The first-order valence-electron chi connectivity index (χ1n) is 5.45. The van der Waals surface area contributed by atoms with E-state index in [4.69, 9.17) is 0 Å². The Morgan fingerprint density at radius 3 is 2.13 bits per heavy atom. The number of Topliss-reactive ketones (excluding diaryl/α,β-unsaturated/α-hetero) is 1. The Labute approximate surface area is 91.5 Å². The molecule has 80 valence electrons. The quantitative estimate of drug-likeness (QED) is 0.631. The number of benzene rings is 1. The third kappa shape index (κ3) is 1.12. The van der Waals surface area contributed by atoms with Crippen LogP contribution in [-0.2, 0) is 15.6 Å². The first kappa shape index (κ1) is 10.4. The number of rotatable bonds is 0. The van der Waals surface area contributed by atoms with Gasteiger partial charge >= 0.3 is 0 Å². The summed E-state index contributed by atoms with van der Waals surface area (Å²) in [6.07, 6.45) is 0. The van der Waals surface area contributed by atoms with Crippen LogP contribution >= 0.6 is 0 Å². The molecule has 0 bridgehead atoms. The molecule has 0 amide bonds. The first-order valence-corrected chi connectivity index (χ1v) is 5.45. The van der Waals surface area contributed by atoms with Crippen LogP contribution in [0.25, 0.3) is 0 Å². The highest BCUT2D eigenvalue weighted by molar-refractivity contribution is 6.03. The van der Waals surface area contributed by atoms with Crippen molar-refractivity contribution in [2.24, 2.45) is 0 Å². The van der Waals surface area contributed by atoms with Crippen LogP contribution in [0, 0.1) is 6.92 Å². The van der Waals surface area contributed by atoms with E-state index in [1.807, 2.05) is 33.8 Å². The van der Waals surface area contributed by atoms with E-state index in [9.17, 15) is 4.79 Å². The molecule has 15 heavy (non-hydrogen) atoms. The molecule has 0 spiro atoms. The van der Waals surface area contributed by atoms with Crippen molar-refractivity contribution >= 4 is 5.78 Å². The van der Waals surface area contributed by atoms with Crippen LogP contribution in [0.3, 0.4) is 0 Å². The zero-order chi connectivity index (χ0) is 11.4. The Bertz CT molecular complexity index is 439. The number of carbonyl (C=O) groups is 1. The van der Waals surface area contributed by atoms with E-state index in [0.29, 0.717) is 5.78 Å². The van der Waals surface area contributed by atoms with Crippen molar-refractivity contribution in [2.45, 2.75) is 45.4 Å². The largest absolute Gasteiger partial charge is 0.298 e. The molecule has 0 aromatic heterocycles. The molecule has 2 rings (SSSR count). The molecule has 0 heterocycles. The van der Waals surface area contributed by atoms with Crippen LogP contribution in [0.2, 0.25) is 0 Å². The van der Waals surface area contributed by atoms with Gasteiger partial charge in [0.15, 0.2) is 5.78 Å². The average molecular weight is 202 g/mol. The van der Waals surface area contributed by atoms with Crippen molar-refractivity contribution in [3.63, 3.8) is 0 Å². The Morgan fingerprint density at radius 1 is 1.00 bits per heavy atom. The predicted octanol–water partition coefficient (Wildman–Crippen LogP) is 3.13. The zero-order valence-electron chi connectivity index (χ0n) is 10.1. The van der Waals surface area contributed by atoms with E-state index in [2.05, 4.69) is 19.1 Å². The summed E-state index contributed by atoms with van der Waals surface area (Å²) >= 11 is 0. The lowest BCUT2D eigenvalue weighted by molar-refractivity contribution is -0.126. The van der Waals surface area contributed by atoms with E-state index in [1.165, 1.54) is 16.7 Å². The standard InChI is InChI=1S/C14H18O/c1-9-7-6-8-10-11(9)14(4,5)12(15)13(10,2)3/h6-8H,1-5H3. The Hall–Kier alpha value is -1.11. The summed E-state index contributed by atoms with van der Waals surface area (Å²) < 4.78 is 0.